The first-order valence-corrected chi connectivity index (χ1v) is 12.0. The smallest absolute Gasteiger partial charge is 0.240 e. The summed E-state index contributed by atoms with van der Waals surface area (Å²) in [5, 5.41) is 12.5. The summed E-state index contributed by atoms with van der Waals surface area (Å²) in [4.78, 5) is 34.5. The zero-order valence-corrected chi connectivity index (χ0v) is 20.2. The number of aromatic nitrogens is 4. The quantitative estimate of drug-likeness (QED) is 0.243. The van der Waals surface area contributed by atoms with Crippen LogP contribution in [0, 0.1) is 17.0 Å². The topological polar surface area (TPSA) is 122 Å². The highest BCUT2D eigenvalue weighted by atomic mass is 19.1. The third kappa shape index (κ3) is 4.77. The number of pyridine rings is 2. The van der Waals surface area contributed by atoms with Gasteiger partial charge in [-0.25, -0.2) is 8.78 Å². The van der Waals surface area contributed by atoms with E-state index in [0.717, 1.165) is 11.6 Å². The predicted molar refractivity (Wildman–Crippen MR) is 139 cm³/mol. The van der Waals surface area contributed by atoms with Crippen molar-refractivity contribution >= 4 is 34.1 Å². The molecule has 3 heterocycles. The number of halogens is 2. The molecule has 1 aliphatic carbocycles. The van der Waals surface area contributed by atoms with Crippen LogP contribution in [0.5, 0.6) is 11.5 Å². The molecular weight excluding hydrogens is 506 g/mol. The average Bonchev–Trinajstić information content (AvgIpc) is 3.58. The molecule has 3 aromatic heterocycles. The Labute approximate surface area is 220 Å². The van der Waals surface area contributed by atoms with Crippen molar-refractivity contribution < 1.29 is 23.1 Å². The Morgan fingerprint density at radius 1 is 0.872 bits per heavy atom. The Hall–Kier alpha value is -5.19. The zero-order chi connectivity index (χ0) is 27.0. The van der Waals surface area contributed by atoms with Crippen LogP contribution in [-0.2, 0) is 9.59 Å². The molecule has 0 atom stereocenters. The number of nitrogens with one attached hydrogen (secondary N) is 3. The lowest BCUT2D eigenvalue weighted by Crippen LogP contribution is -2.35. The lowest BCUT2D eigenvalue weighted by atomic mass is 10.0. The zero-order valence-electron chi connectivity index (χ0n) is 20.2. The van der Waals surface area contributed by atoms with E-state index >= 15 is 0 Å². The average molecular weight is 527 g/mol. The number of hydrogen-bond acceptors (Lipinski definition) is 6. The molecule has 3 N–H and O–H groups in total. The van der Waals surface area contributed by atoms with E-state index in [9.17, 15) is 18.4 Å². The summed E-state index contributed by atoms with van der Waals surface area (Å²) >= 11 is 0. The highest BCUT2D eigenvalue weighted by molar-refractivity contribution is 6.16. The molecule has 2 amide bonds. The highest BCUT2D eigenvalue weighted by Crippen LogP contribution is 2.47. The maximum absolute atomic E-state index is 15.0. The van der Waals surface area contributed by atoms with E-state index in [1.54, 1.807) is 36.9 Å². The normalized spacial score (nSPS) is 13.6. The number of carbonyl (C=O) groups is 2. The van der Waals surface area contributed by atoms with Gasteiger partial charge in [-0.15, -0.1) is 0 Å². The molecular formula is C28H20F2N6O3. The fraction of sp³-hybridized carbons (Fsp3) is 0.107. The molecule has 0 spiro atoms. The SMILES string of the molecule is O=C(Nc1ccc(F)cc1)C1(C(=O)Nc2ccc(Oc3ccnc4cc(-c5cn[nH]c5)ncc34)c(F)c2)CC1. The van der Waals surface area contributed by atoms with Gasteiger partial charge in [-0.2, -0.15) is 5.10 Å². The van der Waals surface area contributed by atoms with Gasteiger partial charge in [0.15, 0.2) is 11.6 Å². The monoisotopic (exact) mass is 526 g/mol. The fourth-order valence-electron chi connectivity index (χ4n) is 4.15. The molecule has 39 heavy (non-hydrogen) atoms. The van der Waals surface area contributed by atoms with Crippen molar-refractivity contribution in [1.82, 2.24) is 20.2 Å². The largest absolute Gasteiger partial charge is 0.453 e. The maximum Gasteiger partial charge on any atom is 0.240 e. The van der Waals surface area contributed by atoms with Crippen LogP contribution in [-0.4, -0.2) is 32.0 Å². The first-order chi connectivity index (χ1) is 18.9. The minimum absolute atomic E-state index is 0.0606. The summed E-state index contributed by atoms with van der Waals surface area (Å²) in [6.07, 6.45) is 7.20. The second-order valence-electron chi connectivity index (χ2n) is 9.13. The predicted octanol–water partition coefficient (Wildman–Crippen LogP) is 5.45. The molecule has 9 nitrogen and oxygen atoms in total. The Morgan fingerprint density at radius 2 is 1.62 bits per heavy atom. The Kier molecular flexibility index (Phi) is 5.95. The summed E-state index contributed by atoms with van der Waals surface area (Å²) in [5.74, 6) is -1.89. The number of H-pyrrole nitrogens is 1. The van der Waals surface area contributed by atoms with E-state index in [2.05, 4.69) is 30.8 Å². The summed E-state index contributed by atoms with van der Waals surface area (Å²) in [6.45, 7) is 0. The number of amides is 2. The number of hydrogen-bond donors (Lipinski definition) is 3. The van der Waals surface area contributed by atoms with Gasteiger partial charge in [0.25, 0.3) is 0 Å². The van der Waals surface area contributed by atoms with Gasteiger partial charge >= 0.3 is 0 Å². The summed E-state index contributed by atoms with van der Waals surface area (Å²) in [6, 6.07) is 12.6. The number of fused-ring (bicyclic) bond motifs is 1. The molecule has 0 saturated heterocycles. The van der Waals surface area contributed by atoms with E-state index in [-0.39, 0.29) is 11.4 Å². The molecule has 1 fully saturated rings. The molecule has 5 aromatic rings. The van der Waals surface area contributed by atoms with Crippen LogP contribution in [0.4, 0.5) is 20.2 Å². The van der Waals surface area contributed by atoms with Crippen LogP contribution in [0.3, 0.4) is 0 Å². The van der Waals surface area contributed by atoms with Crippen LogP contribution in [0.2, 0.25) is 0 Å². The molecule has 1 aliphatic rings. The van der Waals surface area contributed by atoms with E-state index < -0.39 is 28.9 Å². The number of anilines is 2. The van der Waals surface area contributed by atoms with Gasteiger partial charge in [0, 0.05) is 41.6 Å². The molecule has 1 saturated carbocycles. The van der Waals surface area contributed by atoms with E-state index in [1.165, 1.54) is 36.4 Å². The standard InChI is InChI=1S/C28H20F2N6O3/c29-17-1-3-18(4-2-17)35-26(37)28(8-9-28)27(38)36-19-5-6-25(21(30)11-19)39-24-7-10-31-23-12-22(32-15-20(23)24)16-13-33-34-14-16/h1-7,10-15H,8-9H2,(H,33,34)(H,35,37)(H,36,38). The third-order valence-corrected chi connectivity index (χ3v) is 6.51. The second kappa shape index (κ2) is 9.60. The summed E-state index contributed by atoms with van der Waals surface area (Å²) < 4.78 is 34.0. The van der Waals surface area contributed by atoms with E-state index in [0.29, 0.717) is 40.9 Å². The van der Waals surface area contributed by atoms with Crippen LogP contribution < -0.4 is 15.4 Å². The molecule has 11 heteroatoms. The molecule has 6 rings (SSSR count). The lowest BCUT2D eigenvalue weighted by Gasteiger charge is -2.16. The van der Waals surface area contributed by atoms with Gasteiger partial charge in [0.05, 0.1) is 22.8 Å². The van der Waals surface area contributed by atoms with Crippen molar-refractivity contribution in [3.05, 3.63) is 91.0 Å². The third-order valence-electron chi connectivity index (χ3n) is 6.51. The number of benzene rings is 2. The van der Waals surface area contributed by atoms with E-state index in [4.69, 9.17) is 4.74 Å². The van der Waals surface area contributed by atoms with Gasteiger partial charge in [-0.05, 0) is 61.4 Å². The number of carbonyl (C=O) groups excluding carboxylic acids is 2. The lowest BCUT2D eigenvalue weighted by molar-refractivity contribution is -0.131. The Bertz CT molecular complexity index is 1700. The molecule has 194 valence electrons. The first-order valence-electron chi connectivity index (χ1n) is 12.0. The van der Waals surface area contributed by atoms with Crippen molar-refractivity contribution in [3.63, 3.8) is 0 Å². The molecule has 0 unspecified atom stereocenters. The summed E-state index contributed by atoms with van der Waals surface area (Å²) in [7, 11) is 0. The highest BCUT2D eigenvalue weighted by Gasteiger charge is 2.56. The second-order valence-corrected chi connectivity index (χ2v) is 9.13. The summed E-state index contributed by atoms with van der Waals surface area (Å²) in [5.41, 5.74) is 1.37. The molecule has 0 bridgehead atoms. The molecule has 0 aliphatic heterocycles. The van der Waals surface area contributed by atoms with Crippen molar-refractivity contribution in [1.29, 1.82) is 0 Å². The van der Waals surface area contributed by atoms with Crippen LogP contribution in [0.1, 0.15) is 12.8 Å². The van der Waals surface area contributed by atoms with Gasteiger partial charge < -0.3 is 15.4 Å². The van der Waals surface area contributed by atoms with Gasteiger partial charge in [-0.1, -0.05) is 0 Å². The van der Waals surface area contributed by atoms with Crippen LogP contribution in [0.15, 0.2) is 79.4 Å². The minimum Gasteiger partial charge on any atom is -0.453 e. The molecule has 2 aromatic carbocycles. The first kappa shape index (κ1) is 24.2. The fourth-order valence-corrected chi connectivity index (χ4v) is 4.15. The van der Waals surface area contributed by atoms with Crippen molar-refractivity contribution in [2.24, 2.45) is 5.41 Å². The minimum atomic E-state index is -1.27. The van der Waals surface area contributed by atoms with Crippen LogP contribution >= 0.6 is 0 Å². The number of ether oxygens (including phenoxy) is 1. The van der Waals surface area contributed by atoms with Gasteiger partial charge in [0.1, 0.15) is 17.0 Å². The van der Waals surface area contributed by atoms with Gasteiger partial charge in [-0.3, -0.25) is 24.7 Å². The Balaban J connectivity index is 1.16. The Morgan fingerprint density at radius 3 is 2.31 bits per heavy atom. The number of aromatic amines is 1. The van der Waals surface area contributed by atoms with E-state index in [1.807, 2.05) is 0 Å². The maximum atomic E-state index is 15.0. The molecule has 0 radical (unpaired) electrons. The van der Waals surface area contributed by atoms with Gasteiger partial charge in [0.2, 0.25) is 11.8 Å². The van der Waals surface area contributed by atoms with Crippen molar-refractivity contribution in [3.8, 4) is 22.8 Å². The van der Waals surface area contributed by atoms with Crippen LogP contribution in [0.25, 0.3) is 22.2 Å². The van der Waals surface area contributed by atoms with Crippen molar-refractivity contribution in [2.45, 2.75) is 12.8 Å². The number of nitrogens with zero attached hydrogens (tertiary/aromatic N) is 3. The van der Waals surface area contributed by atoms with Crippen molar-refractivity contribution in [2.75, 3.05) is 10.6 Å². The number of rotatable bonds is 7.